The van der Waals surface area contributed by atoms with E-state index in [0.29, 0.717) is 12.5 Å². The van der Waals surface area contributed by atoms with Crippen molar-refractivity contribution in [2.24, 2.45) is 5.41 Å². The van der Waals surface area contributed by atoms with Gasteiger partial charge in [0, 0.05) is 28.8 Å². The summed E-state index contributed by atoms with van der Waals surface area (Å²) in [5.74, 6) is 0.327. The van der Waals surface area contributed by atoms with Crippen molar-refractivity contribution in [2.75, 3.05) is 13.2 Å². The number of hydrogen-bond acceptors (Lipinski definition) is 3. The van der Waals surface area contributed by atoms with Crippen LogP contribution in [0.2, 0.25) is 0 Å². The van der Waals surface area contributed by atoms with Gasteiger partial charge in [0.2, 0.25) is 0 Å². The Hall–Kier alpha value is -1.07. The minimum absolute atomic E-state index is 0.0737. The van der Waals surface area contributed by atoms with Crippen LogP contribution in [-0.4, -0.2) is 30.3 Å². The van der Waals surface area contributed by atoms with E-state index in [1.54, 1.807) is 11.3 Å². The van der Waals surface area contributed by atoms with E-state index in [1.807, 2.05) is 13.0 Å². The summed E-state index contributed by atoms with van der Waals surface area (Å²) < 4.78 is 0. The molecule has 4 nitrogen and oxygen atoms in total. The summed E-state index contributed by atoms with van der Waals surface area (Å²) in [5, 5.41) is 17.5. The molecule has 0 radical (unpaired) electrons. The quantitative estimate of drug-likeness (QED) is 0.782. The Morgan fingerprint density at radius 3 is 3.10 bits per heavy atom. The summed E-state index contributed by atoms with van der Waals surface area (Å²) in [4.78, 5) is 13.3. The van der Waals surface area contributed by atoms with Crippen LogP contribution in [0.4, 0.5) is 4.79 Å². The van der Waals surface area contributed by atoms with E-state index in [0.717, 1.165) is 19.3 Å². The zero-order valence-corrected chi connectivity index (χ0v) is 13.0. The van der Waals surface area contributed by atoms with Crippen LogP contribution in [-0.2, 0) is 0 Å². The van der Waals surface area contributed by atoms with Gasteiger partial charge in [0.15, 0.2) is 0 Å². The molecule has 1 aliphatic carbocycles. The van der Waals surface area contributed by atoms with Crippen molar-refractivity contribution in [3.63, 3.8) is 0 Å². The van der Waals surface area contributed by atoms with E-state index < -0.39 is 0 Å². The van der Waals surface area contributed by atoms with E-state index in [4.69, 9.17) is 0 Å². The topological polar surface area (TPSA) is 61.4 Å². The first-order valence-electron chi connectivity index (χ1n) is 7.24. The molecule has 5 heteroatoms. The third kappa shape index (κ3) is 3.52. The summed E-state index contributed by atoms with van der Waals surface area (Å²) >= 11 is 1.71. The molecule has 0 saturated heterocycles. The summed E-state index contributed by atoms with van der Waals surface area (Å²) in [7, 11) is 0. The first kappa shape index (κ1) is 15.3. The number of urea groups is 1. The normalized spacial score (nSPS) is 27.2. The van der Waals surface area contributed by atoms with Crippen LogP contribution in [0, 0.1) is 5.41 Å². The average molecular weight is 296 g/mol. The number of hydrogen-bond donors (Lipinski definition) is 3. The molecule has 3 unspecified atom stereocenters. The van der Waals surface area contributed by atoms with Crippen LogP contribution < -0.4 is 10.6 Å². The molecule has 0 aromatic carbocycles. The first-order valence-corrected chi connectivity index (χ1v) is 8.12. The molecule has 2 amide bonds. The molecule has 3 N–H and O–H groups in total. The Bertz CT molecular complexity index is 435. The lowest BCUT2D eigenvalue weighted by Crippen LogP contribution is -2.49. The van der Waals surface area contributed by atoms with Crippen LogP contribution in [0.15, 0.2) is 17.5 Å². The molecule has 1 aromatic heterocycles. The predicted molar refractivity (Wildman–Crippen MR) is 82.1 cm³/mol. The Morgan fingerprint density at radius 1 is 1.65 bits per heavy atom. The molecule has 112 valence electrons. The number of thiophene rings is 1. The smallest absolute Gasteiger partial charge is 0.315 e. The van der Waals surface area contributed by atoms with Crippen LogP contribution >= 0.6 is 11.3 Å². The summed E-state index contributed by atoms with van der Waals surface area (Å²) in [6, 6.07) is 4.07. The monoisotopic (exact) mass is 296 g/mol. The van der Waals surface area contributed by atoms with Gasteiger partial charge in [-0.25, -0.2) is 4.79 Å². The van der Waals surface area contributed by atoms with Crippen molar-refractivity contribution >= 4 is 17.4 Å². The second kappa shape index (κ2) is 6.59. The number of nitrogens with one attached hydrogen (secondary N) is 2. The van der Waals surface area contributed by atoms with Crippen molar-refractivity contribution in [3.8, 4) is 0 Å². The second-order valence-corrected chi connectivity index (χ2v) is 7.01. The van der Waals surface area contributed by atoms with Crippen LogP contribution in [0.1, 0.15) is 43.9 Å². The fourth-order valence-electron chi connectivity index (χ4n) is 2.80. The van der Waals surface area contributed by atoms with Gasteiger partial charge in [-0.2, -0.15) is 0 Å². The summed E-state index contributed by atoms with van der Waals surface area (Å²) in [5.41, 5.74) is -0.170. The molecule has 1 aliphatic rings. The van der Waals surface area contributed by atoms with Gasteiger partial charge >= 0.3 is 6.03 Å². The maximum Gasteiger partial charge on any atom is 0.315 e. The van der Waals surface area contributed by atoms with Crippen molar-refractivity contribution < 1.29 is 9.90 Å². The number of rotatable bonds is 5. The highest BCUT2D eigenvalue weighted by molar-refractivity contribution is 7.10. The minimum atomic E-state index is -0.170. The van der Waals surface area contributed by atoms with E-state index >= 15 is 0 Å². The summed E-state index contributed by atoms with van der Waals surface area (Å²) in [6.07, 6.45) is 2.98. The van der Waals surface area contributed by atoms with Gasteiger partial charge in [-0.05, 0) is 24.3 Å². The molecular formula is C15H24N2O2S. The molecule has 1 heterocycles. The Morgan fingerprint density at radius 2 is 2.45 bits per heavy atom. The van der Waals surface area contributed by atoms with Gasteiger partial charge in [0.25, 0.3) is 0 Å². The van der Waals surface area contributed by atoms with Gasteiger partial charge in [-0.3, -0.25) is 0 Å². The van der Waals surface area contributed by atoms with Crippen LogP contribution in [0.25, 0.3) is 0 Å². The molecule has 1 aromatic rings. The maximum atomic E-state index is 12.0. The van der Waals surface area contributed by atoms with Crippen molar-refractivity contribution in [3.05, 3.63) is 22.4 Å². The number of carbonyl (C=O) groups excluding carboxylic acids is 1. The lowest BCUT2D eigenvalue weighted by Gasteiger charge is -2.30. The Labute approximate surface area is 124 Å². The molecule has 2 rings (SSSR count). The molecule has 0 aliphatic heterocycles. The highest BCUT2D eigenvalue weighted by Crippen LogP contribution is 2.37. The van der Waals surface area contributed by atoms with Crippen molar-refractivity contribution in [1.82, 2.24) is 10.6 Å². The van der Waals surface area contributed by atoms with Gasteiger partial charge in [-0.1, -0.05) is 26.3 Å². The number of amides is 2. The molecule has 20 heavy (non-hydrogen) atoms. The fraction of sp³-hybridized carbons (Fsp3) is 0.667. The highest BCUT2D eigenvalue weighted by atomic mass is 32.1. The lowest BCUT2D eigenvalue weighted by atomic mass is 9.86. The number of aliphatic hydroxyl groups excluding tert-OH is 1. The van der Waals surface area contributed by atoms with E-state index in [2.05, 4.69) is 29.0 Å². The van der Waals surface area contributed by atoms with Gasteiger partial charge in [0.05, 0.1) is 6.61 Å². The standard InChI is InChI=1S/C15H24N2O2S/c1-11(12-5-4-8-20-12)9-16-14(19)17-13-6-3-7-15(13,2)10-18/h4-5,8,11,13,18H,3,6-7,9-10H2,1-2H3,(H2,16,17,19). The van der Waals surface area contributed by atoms with E-state index in [-0.39, 0.29) is 24.1 Å². The zero-order valence-electron chi connectivity index (χ0n) is 12.2. The van der Waals surface area contributed by atoms with E-state index in [9.17, 15) is 9.90 Å². The van der Waals surface area contributed by atoms with Crippen LogP contribution in [0.5, 0.6) is 0 Å². The lowest BCUT2D eigenvalue weighted by molar-refractivity contribution is 0.121. The average Bonchev–Trinajstić information content (AvgIpc) is 3.07. The summed E-state index contributed by atoms with van der Waals surface area (Å²) in [6.45, 7) is 4.91. The Kier molecular flexibility index (Phi) is 5.05. The van der Waals surface area contributed by atoms with Gasteiger partial charge in [0.1, 0.15) is 0 Å². The van der Waals surface area contributed by atoms with Gasteiger partial charge < -0.3 is 15.7 Å². The minimum Gasteiger partial charge on any atom is -0.396 e. The molecule has 1 saturated carbocycles. The second-order valence-electron chi connectivity index (χ2n) is 6.03. The Balaban J connectivity index is 1.78. The fourth-order valence-corrected chi connectivity index (χ4v) is 3.58. The maximum absolute atomic E-state index is 12.0. The SMILES string of the molecule is CC(CNC(=O)NC1CCCC1(C)CO)c1cccs1. The van der Waals surface area contributed by atoms with Crippen LogP contribution in [0.3, 0.4) is 0 Å². The molecule has 0 bridgehead atoms. The molecular weight excluding hydrogens is 272 g/mol. The van der Waals surface area contributed by atoms with Crippen molar-refractivity contribution in [2.45, 2.75) is 45.1 Å². The third-order valence-electron chi connectivity index (χ3n) is 4.35. The van der Waals surface area contributed by atoms with E-state index in [1.165, 1.54) is 4.88 Å². The largest absolute Gasteiger partial charge is 0.396 e. The molecule has 1 fully saturated rings. The number of carbonyl (C=O) groups is 1. The highest BCUT2D eigenvalue weighted by Gasteiger charge is 2.39. The third-order valence-corrected chi connectivity index (χ3v) is 5.45. The predicted octanol–water partition coefficient (Wildman–Crippen LogP) is 2.70. The first-order chi connectivity index (χ1) is 9.55. The molecule has 3 atom stereocenters. The number of aliphatic hydroxyl groups is 1. The van der Waals surface area contributed by atoms with Gasteiger partial charge in [-0.15, -0.1) is 11.3 Å². The molecule has 0 spiro atoms. The van der Waals surface area contributed by atoms with Crippen molar-refractivity contribution in [1.29, 1.82) is 0 Å². The zero-order chi connectivity index (χ0) is 14.6.